The SMILES string of the molecule is CN(C)CCCNc1nncc(N(C)c2ccccc2)n1. The van der Waals surface area contributed by atoms with Gasteiger partial charge in [-0.05, 0) is 39.2 Å². The van der Waals surface area contributed by atoms with Gasteiger partial charge in [-0.15, -0.1) is 5.10 Å². The van der Waals surface area contributed by atoms with Crippen LogP contribution in [0.15, 0.2) is 36.5 Å². The molecule has 1 aromatic heterocycles. The first-order valence-corrected chi connectivity index (χ1v) is 7.04. The summed E-state index contributed by atoms with van der Waals surface area (Å²) in [6, 6.07) is 10.1. The molecule has 112 valence electrons. The molecule has 0 aliphatic carbocycles. The molecule has 0 amide bonds. The Balaban J connectivity index is 1.97. The molecule has 0 aliphatic rings. The zero-order valence-corrected chi connectivity index (χ0v) is 12.8. The summed E-state index contributed by atoms with van der Waals surface area (Å²) < 4.78 is 0. The van der Waals surface area contributed by atoms with E-state index in [0.29, 0.717) is 5.95 Å². The summed E-state index contributed by atoms with van der Waals surface area (Å²) in [7, 11) is 6.09. The van der Waals surface area contributed by atoms with Crippen LogP contribution in [0.5, 0.6) is 0 Å². The van der Waals surface area contributed by atoms with Crippen molar-refractivity contribution in [2.75, 3.05) is 44.4 Å². The summed E-state index contributed by atoms with van der Waals surface area (Å²) in [5.74, 6) is 1.33. The summed E-state index contributed by atoms with van der Waals surface area (Å²) in [5, 5.41) is 11.2. The van der Waals surface area contributed by atoms with Gasteiger partial charge in [0.1, 0.15) is 0 Å². The van der Waals surface area contributed by atoms with Gasteiger partial charge in [0.2, 0.25) is 5.95 Å². The van der Waals surface area contributed by atoms with Crippen molar-refractivity contribution in [1.82, 2.24) is 20.1 Å². The molecule has 1 heterocycles. The largest absolute Gasteiger partial charge is 0.353 e. The molecule has 0 fully saturated rings. The molecule has 1 aromatic carbocycles. The smallest absolute Gasteiger partial charge is 0.244 e. The molecule has 6 nitrogen and oxygen atoms in total. The Morgan fingerprint density at radius 2 is 1.86 bits per heavy atom. The molecule has 2 aromatic rings. The summed E-state index contributed by atoms with van der Waals surface area (Å²) >= 11 is 0. The summed E-state index contributed by atoms with van der Waals surface area (Å²) in [4.78, 5) is 8.63. The third-order valence-corrected chi connectivity index (χ3v) is 3.10. The monoisotopic (exact) mass is 286 g/mol. The van der Waals surface area contributed by atoms with Crippen LogP contribution >= 0.6 is 0 Å². The van der Waals surface area contributed by atoms with Crippen LogP contribution in [-0.4, -0.2) is 54.3 Å². The van der Waals surface area contributed by atoms with Gasteiger partial charge in [0.25, 0.3) is 0 Å². The van der Waals surface area contributed by atoms with Crippen molar-refractivity contribution in [2.24, 2.45) is 0 Å². The highest BCUT2D eigenvalue weighted by atomic mass is 15.3. The fourth-order valence-electron chi connectivity index (χ4n) is 1.91. The minimum absolute atomic E-state index is 0.564. The molecule has 0 saturated carbocycles. The summed E-state index contributed by atoms with van der Waals surface area (Å²) in [6.45, 7) is 1.86. The van der Waals surface area contributed by atoms with Gasteiger partial charge in [0, 0.05) is 19.3 Å². The summed E-state index contributed by atoms with van der Waals surface area (Å²) in [6.07, 6.45) is 2.70. The van der Waals surface area contributed by atoms with Gasteiger partial charge in [-0.2, -0.15) is 10.1 Å². The van der Waals surface area contributed by atoms with Crippen molar-refractivity contribution in [3.05, 3.63) is 36.5 Å². The second-order valence-electron chi connectivity index (χ2n) is 5.12. The Kier molecular flexibility index (Phi) is 5.45. The van der Waals surface area contributed by atoms with Gasteiger partial charge in [0.05, 0.1) is 6.20 Å². The van der Waals surface area contributed by atoms with Gasteiger partial charge >= 0.3 is 0 Å². The molecule has 0 spiro atoms. The van der Waals surface area contributed by atoms with Crippen LogP contribution in [0, 0.1) is 0 Å². The Morgan fingerprint density at radius 3 is 2.57 bits per heavy atom. The van der Waals surface area contributed by atoms with Crippen LogP contribution in [0.2, 0.25) is 0 Å². The van der Waals surface area contributed by atoms with E-state index in [1.165, 1.54) is 0 Å². The van der Waals surface area contributed by atoms with Crippen molar-refractivity contribution in [1.29, 1.82) is 0 Å². The number of nitrogens with one attached hydrogen (secondary N) is 1. The van der Waals surface area contributed by atoms with Crippen molar-refractivity contribution in [3.63, 3.8) is 0 Å². The highest BCUT2D eigenvalue weighted by molar-refractivity contribution is 5.58. The molecule has 0 saturated heterocycles. The van der Waals surface area contributed by atoms with E-state index in [2.05, 4.69) is 39.5 Å². The average molecular weight is 286 g/mol. The number of nitrogens with zero attached hydrogens (tertiary/aromatic N) is 5. The molecule has 0 unspecified atom stereocenters. The molecule has 21 heavy (non-hydrogen) atoms. The van der Waals surface area contributed by atoms with Gasteiger partial charge in [-0.3, -0.25) is 0 Å². The predicted octanol–water partition coefficient (Wildman–Crippen LogP) is 2.00. The maximum Gasteiger partial charge on any atom is 0.244 e. The highest BCUT2D eigenvalue weighted by Crippen LogP contribution is 2.20. The second-order valence-corrected chi connectivity index (χ2v) is 5.12. The lowest BCUT2D eigenvalue weighted by molar-refractivity contribution is 0.405. The zero-order valence-electron chi connectivity index (χ0n) is 12.8. The Morgan fingerprint density at radius 1 is 1.10 bits per heavy atom. The van der Waals surface area contributed by atoms with E-state index in [4.69, 9.17) is 0 Å². The van der Waals surface area contributed by atoms with E-state index < -0.39 is 0 Å². The quantitative estimate of drug-likeness (QED) is 0.786. The van der Waals surface area contributed by atoms with E-state index in [9.17, 15) is 0 Å². The van der Waals surface area contributed by atoms with Crippen LogP contribution in [0.3, 0.4) is 0 Å². The number of hydrogen-bond acceptors (Lipinski definition) is 6. The molecular weight excluding hydrogens is 264 g/mol. The third kappa shape index (κ3) is 4.68. The zero-order chi connectivity index (χ0) is 15.1. The van der Waals surface area contributed by atoms with Gasteiger partial charge < -0.3 is 15.1 Å². The lowest BCUT2D eigenvalue weighted by atomic mass is 10.3. The fraction of sp³-hybridized carbons (Fsp3) is 0.400. The second kappa shape index (κ2) is 7.54. The molecular formula is C15H22N6. The van der Waals surface area contributed by atoms with Crippen molar-refractivity contribution >= 4 is 17.5 Å². The first-order valence-electron chi connectivity index (χ1n) is 7.04. The van der Waals surface area contributed by atoms with Crippen LogP contribution < -0.4 is 10.2 Å². The van der Waals surface area contributed by atoms with Crippen LogP contribution in [0.25, 0.3) is 0 Å². The Labute approximate surface area is 125 Å². The van der Waals surface area contributed by atoms with Crippen LogP contribution in [-0.2, 0) is 0 Å². The lowest BCUT2D eigenvalue weighted by Crippen LogP contribution is -2.18. The minimum atomic E-state index is 0.564. The minimum Gasteiger partial charge on any atom is -0.353 e. The third-order valence-electron chi connectivity index (χ3n) is 3.10. The van der Waals surface area contributed by atoms with E-state index in [1.807, 2.05) is 42.3 Å². The molecule has 6 heteroatoms. The molecule has 2 rings (SSSR count). The number of aromatic nitrogens is 3. The number of hydrogen-bond donors (Lipinski definition) is 1. The molecule has 0 atom stereocenters. The van der Waals surface area contributed by atoms with Gasteiger partial charge in [0.15, 0.2) is 5.82 Å². The van der Waals surface area contributed by atoms with E-state index in [-0.39, 0.29) is 0 Å². The molecule has 0 bridgehead atoms. The van der Waals surface area contributed by atoms with E-state index in [1.54, 1.807) is 6.20 Å². The van der Waals surface area contributed by atoms with Gasteiger partial charge in [-0.1, -0.05) is 18.2 Å². The van der Waals surface area contributed by atoms with Gasteiger partial charge in [-0.25, -0.2) is 0 Å². The van der Waals surface area contributed by atoms with E-state index >= 15 is 0 Å². The summed E-state index contributed by atoms with van der Waals surface area (Å²) in [5.41, 5.74) is 1.07. The molecule has 1 N–H and O–H groups in total. The van der Waals surface area contributed by atoms with Crippen LogP contribution in [0.4, 0.5) is 17.5 Å². The van der Waals surface area contributed by atoms with Crippen molar-refractivity contribution in [3.8, 4) is 0 Å². The number of para-hydroxylation sites is 1. The van der Waals surface area contributed by atoms with Crippen LogP contribution in [0.1, 0.15) is 6.42 Å². The topological polar surface area (TPSA) is 57.2 Å². The highest BCUT2D eigenvalue weighted by Gasteiger charge is 2.07. The maximum absolute atomic E-state index is 4.49. The molecule has 0 aliphatic heterocycles. The predicted molar refractivity (Wildman–Crippen MR) is 86.0 cm³/mol. The number of benzene rings is 1. The maximum atomic E-state index is 4.49. The molecule has 0 radical (unpaired) electrons. The lowest BCUT2D eigenvalue weighted by Gasteiger charge is -2.18. The van der Waals surface area contributed by atoms with Crippen molar-refractivity contribution in [2.45, 2.75) is 6.42 Å². The fourth-order valence-corrected chi connectivity index (χ4v) is 1.91. The number of rotatable bonds is 7. The number of anilines is 3. The van der Waals surface area contributed by atoms with Crippen molar-refractivity contribution < 1.29 is 0 Å². The standard InChI is InChI=1S/C15H22N6/c1-20(2)11-7-10-16-15-18-14(12-17-19-15)21(3)13-8-5-4-6-9-13/h4-6,8-9,12H,7,10-11H2,1-3H3,(H,16,18,19). The average Bonchev–Trinajstić information content (AvgIpc) is 2.52. The van der Waals surface area contributed by atoms with E-state index in [0.717, 1.165) is 31.0 Å². The Hall–Kier alpha value is -2.21. The Bertz CT molecular complexity index is 543. The first-order chi connectivity index (χ1) is 10.2. The normalized spacial score (nSPS) is 10.7. The first kappa shape index (κ1) is 15.2.